The van der Waals surface area contributed by atoms with Gasteiger partial charge >= 0.3 is 0 Å². The van der Waals surface area contributed by atoms with Crippen LogP contribution < -0.4 is 5.32 Å². The standard InChI is InChI=1S/C19H20N2O5S/c22-18-11-7-12-10-21(17(18)15(12)8-11)27(24,25)14-4-1-3-13(9-14)20-19(23)16-5-2-6-26-16/h1-6,9,11-12,15,17-18,22H,7-8,10H2,(H,20,23)/t11-,12-,15+,17+,18+/m0/s1. The molecule has 2 saturated carbocycles. The molecule has 1 aromatic carbocycles. The highest BCUT2D eigenvalue weighted by atomic mass is 32.2. The van der Waals surface area contributed by atoms with Gasteiger partial charge in [0.2, 0.25) is 10.0 Å². The highest BCUT2D eigenvalue weighted by Gasteiger charge is 2.61. The third-order valence-electron chi connectivity index (χ3n) is 6.25. The van der Waals surface area contributed by atoms with E-state index in [1.54, 1.807) is 18.2 Å². The maximum atomic E-state index is 13.2. The van der Waals surface area contributed by atoms with Gasteiger partial charge in [-0.2, -0.15) is 4.31 Å². The summed E-state index contributed by atoms with van der Waals surface area (Å²) in [6.45, 7) is 0.466. The van der Waals surface area contributed by atoms with Gasteiger partial charge in [-0.1, -0.05) is 6.07 Å². The van der Waals surface area contributed by atoms with Crippen LogP contribution in [0, 0.1) is 17.8 Å². The zero-order valence-electron chi connectivity index (χ0n) is 14.5. The molecule has 7 nitrogen and oxygen atoms in total. The van der Waals surface area contributed by atoms with E-state index in [-0.39, 0.29) is 28.5 Å². The van der Waals surface area contributed by atoms with Gasteiger partial charge in [-0.25, -0.2) is 8.42 Å². The molecule has 2 N–H and O–H groups in total. The van der Waals surface area contributed by atoms with Crippen LogP contribution in [-0.2, 0) is 10.0 Å². The van der Waals surface area contributed by atoms with Crippen molar-refractivity contribution in [2.24, 2.45) is 17.8 Å². The third kappa shape index (κ3) is 2.55. The normalized spacial score (nSPS) is 32.1. The molecule has 1 saturated heterocycles. The van der Waals surface area contributed by atoms with Crippen LogP contribution in [0.25, 0.3) is 0 Å². The minimum absolute atomic E-state index is 0.122. The van der Waals surface area contributed by atoms with Gasteiger partial charge in [0, 0.05) is 12.2 Å². The van der Waals surface area contributed by atoms with E-state index in [0.29, 0.717) is 18.2 Å². The molecule has 27 heavy (non-hydrogen) atoms. The molecular formula is C19H20N2O5S. The Balaban J connectivity index is 1.42. The first-order valence-electron chi connectivity index (χ1n) is 9.10. The van der Waals surface area contributed by atoms with E-state index in [1.807, 2.05) is 0 Å². The van der Waals surface area contributed by atoms with E-state index in [2.05, 4.69) is 5.32 Å². The predicted molar refractivity (Wildman–Crippen MR) is 96.5 cm³/mol. The first-order chi connectivity index (χ1) is 12.9. The number of carbonyl (C=O) groups excluding carboxylic acids is 1. The lowest BCUT2D eigenvalue weighted by Crippen LogP contribution is -2.43. The Bertz CT molecular complexity index is 985. The molecular weight excluding hydrogens is 368 g/mol. The highest BCUT2D eigenvalue weighted by molar-refractivity contribution is 7.89. The Morgan fingerprint density at radius 3 is 2.78 bits per heavy atom. The largest absolute Gasteiger partial charge is 0.459 e. The fraction of sp³-hybridized carbons (Fsp3) is 0.421. The van der Waals surface area contributed by atoms with Crippen LogP contribution in [0.1, 0.15) is 23.4 Å². The monoisotopic (exact) mass is 388 g/mol. The number of fused-ring (bicyclic) bond motifs is 1. The van der Waals surface area contributed by atoms with E-state index in [0.717, 1.165) is 12.8 Å². The van der Waals surface area contributed by atoms with Crippen molar-refractivity contribution in [3.63, 3.8) is 0 Å². The summed E-state index contributed by atoms with van der Waals surface area (Å²) in [4.78, 5) is 12.3. The van der Waals surface area contributed by atoms with E-state index in [9.17, 15) is 18.3 Å². The molecule has 142 valence electrons. The predicted octanol–water partition coefficient (Wildman–Crippen LogP) is 1.92. The number of anilines is 1. The lowest BCUT2D eigenvalue weighted by Gasteiger charge is -2.28. The van der Waals surface area contributed by atoms with Gasteiger partial charge in [0.1, 0.15) is 0 Å². The summed E-state index contributed by atoms with van der Waals surface area (Å²) >= 11 is 0. The zero-order chi connectivity index (χ0) is 18.8. The molecule has 8 heteroatoms. The fourth-order valence-corrected chi connectivity index (χ4v) is 6.89. The van der Waals surface area contributed by atoms with Crippen molar-refractivity contribution in [1.29, 1.82) is 0 Å². The second-order valence-electron chi connectivity index (χ2n) is 7.67. The number of benzene rings is 1. The maximum Gasteiger partial charge on any atom is 0.291 e. The van der Waals surface area contributed by atoms with Gasteiger partial charge < -0.3 is 14.8 Å². The molecule has 0 radical (unpaired) electrons. The third-order valence-corrected chi connectivity index (χ3v) is 8.11. The number of furan rings is 1. The van der Waals surface area contributed by atoms with Gasteiger partial charge in [-0.15, -0.1) is 0 Å². The summed E-state index contributed by atoms with van der Waals surface area (Å²) in [5, 5.41) is 13.1. The summed E-state index contributed by atoms with van der Waals surface area (Å²) in [5.74, 6) is 0.549. The summed E-state index contributed by atoms with van der Waals surface area (Å²) in [7, 11) is -3.75. The quantitative estimate of drug-likeness (QED) is 0.834. The summed E-state index contributed by atoms with van der Waals surface area (Å²) < 4.78 is 33.0. The van der Waals surface area contributed by atoms with E-state index in [1.165, 1.54) is 28.8 Å². The smallest absolute Gasteiger partial charge is 0.291 e. The van der Waals surface area contributed by atoms with Gasteiger partial charge in [-0.3, -0.25) is 4.79 Å². The number of rotatable bonds is 4. The zero-order valence-corrected chi connectivity index (χ0v) is 15.3. The Morgan fingerprint density at radius 2 is 2.04 bits per heavy atom. The molecule has 0 spiro atoms. The summed E-state index contributed by atoms with van der Waals surface area (Å²) in [6, 6.07) is 9.04. The van der Waals surface area contributed by atoms with Gasteiger partial charge in [0.25, 0.3) is 5.91 Å². The second-order valence-corrected chi connectivity index (χ2v) is 9.56. The number of amides is 1. The van der Waals surface area contributed by atoms with Gasteiger partial charge in [0.05, 0.1) is 23.3 Å². The number of aliphatic hydroxyl groups excluding tert-OH is 1. The number of hydrogen-bond donors (Lipinski definition) is 2. The van der Waals surface area contributed by atoms with Crippen LogP contribution in [0.15, 0.2) is 52.0 Å². The van der Waals surface area contributed by atoms with Crippen molar-refractivity contribution in [3.05, 3.63) is 48.4 Å². The second kappa shape index (κ2) is 5.92. The molecule has 2 heterocycles. The minimum atomic E-state index is -3.75. The Hall–Kier alpha value is -2.16. The first kappa shape index (κ1) is 17.0. The molecule has 3 fully saturated rings. The van der Waals surface area contributed by atoms with Crippen molar-refractivity contribution in [2.75, 3.05) is 11.9 Å². The van der Waals surface area contributed by atoms with Gasteiger partial charge in [-0.05, 0) is 60.9 Å². The number of nitrogens with one attached hydrogen (secondary N) is 1. The molecule has 5 rings (SSSR count). The molecule has 2 aromatic rings. The number of aliphatic hydroxyl groups is 1. The van der Waals surface area contributed by atoms with Crippen LogP contribution in [0.2, 0.25) is 0 Å². The van der Waals surface area contributed by atoms with E-state index < -0.39 is 22.0 Å². The Labute approximate surface area is 157 Å². The highest BCUT2D eigenvalue weighted by Crippen LogP contribution is 2.56. The molecule has 5 atom stereocenters. The van der Waals surface area contributed by atoms with Gasteiger partial charge in [0.15, 0.2) is 5.76 Å². The summed E-state index contributed by atoms with van der Waals surface area (Å²) in [5.41, 5.74) is 0.379. The average molecular weight is 388 g/mol. The van der Waals surface area contributed by atoms with Crippen LogP contribution in [0.5, 0.6) is 0 Å². The van der Waals surface area contributed by atoms with Crippen molar-refractivity contribution >= 4 is 21.6 Å². The van der Waals surface area contributed by atoms with Crippen molar-refractivity contribution in [2.45, 2.75) is 29.9 Å². The maximum absolute atomic E-state index is 13.2. The lowest BCUT2D eigenvalue weighted by atomic mass is 9.88. The molecule has 2 bridgehead atoms. The van der Waals surface area contributed by atoms with Crippen molar-refractivity contribution < 1.29 is 22.7 Å². The number of carbonyl (C=O) groups is 1. The minimum Gasteiger partial charge on any atom is -0.459 e. The molecule has 2 aliphatic carbocycles. The number of nitrogens with zero attached hydrogens (tertiary/aromatic N) is 1. The van der Waals surface area contributed by atoms with E-state index in [4.69, 9.17) is 4.42 Å². The van der Waals surface area contributed by atoms with Crippen molar-refractivity contribution in [3.8, 4) is 0 Å². The molecule has 0 unspecified atom stereocenters. The van der Waals surface area contributed by atoms with Crippen LogP contribution >= 0.6 is 0 Å². The van der Waals surface area contributed by atoms with E-state index >= 15 is 0 Å². The molecule has 1 aromatic heterocycles. The fourth-order valence-electron chi connectivity index (χ4n) is 5.11. The lowest BCUT2D eigenvalue weighted by molar-refractivity contribution is 0.0731. The Kier molecular flexibility index (Phi) is 3.72. The Morgan fingerprint density at radius 1 is 1.19 bits per heavy atom. The van der Waals surface area contributed by atoms with Crippen LogP contribution in [0.3, 0.4) is 0 Å². The summed E-state index contributed by atoms with van der Waals surface area (Å²) in [6.07, 6.45) is 2.65. The molecule has 3 aliphatic rings. The number of hydrogen-bond acceptors (Lipinski definition) is 5. The number of sulfonamides is 1. The SMILES string of the molecule is O=C(Nc1cccc(S(=O)(=O)N2C[C@@H]3C[C@H]4C[C@H]3[C@@H]2[C@@H]4O)c1)c1ccco1. The average Bonchev–Trinajstić information content (AvgIpc) is 3.38. The molecule has 1 aliphatic heterocycles. The topological polar surface area (TPSA) is 99.9 Å². The molecule has 1 amide bonds. The van der Waals surface area contributed by atoms with Crippen molar-refractivity contribution in [1.82, 2.24) is 4.31 Å². The first-order valence-corrected chi connectivity index (χ1v) is 10.5. The van der Waals surface area contributed by atoms with Crippen LogP contribution in [0.4, 0.5) is 5.69 Å². The van der Waals surface area contributed by atoms with Crippen LogP contribution in [-0.4, -0.2) is 42.4 Å².